The van der Waals surface area contributed by atoms with Gasteiger partial charge in [0.2, 0.25) is 5.91 Å². The first kappa shape index (κ1) is 9.28. The van der Waals surface area contributed by atoms with Crippen molar-refractivity contribution in [1.29, 1.82) is 0 Å². The molecule has 0 aromatic heterocycles. The Kier molecular flexibility index (Phi) is 2.74. The average molecular weight is 203 g/mol. The van der Waals surface area contributed by atoms with Crippen LogP contribution < -0.4 is 10.6 Å². The maximum Gasteiger partial charge on any atom is 0.235 e. The molecule has 1 saturated heterocycles. The van der Waals surface area contributed by atoms with Crippen LogP contribution in [0.5, 0.6) is 0 Å². The lowest BCUT2D eigenvalue weighted by Gasteiger charge is -2.27. The number of carbonyl (C=O) groups is 1. The minimum atomic E-state index is -0.0343. The number of hydrogen-bond acceptors (Lipinski definition) is 2. The number of rotatable bonds is 2. The van der Waals surface area contributed by atoms with E-state index < -0.39 is 0 Å². The molecule has 1 heterocycles. The van der Waals surface area contributed by atoms with Crippen LogP contribution in [0.4, 0.5) is 0 Å². The van der Waals surface area contributed by atoms with Crippen molar-refractivity contribution >= 4 is 17.5 Å². The second kappa shape index (κ2) is 3.84. The van der Waals surface area contributed by atoms with Gasteiger partial charge in [-0.15, -0.1) is 11.6 Å². The van der Waals surface area contributed by atoms with E-state index in [1.165, 1.54) is 6.42 Å². The van der Waals surface area contributed by atoms with Crippen LogP contribution in [0.15, 0.2) is 0 Å². The van der Waals surface area contributed by atoms with Gasteiger partial charge in [-0.25, -0.2) is 0 Å². The smallest absolute Gasteiger partial charge is 0.235 e. The molecular formula is C9H15ClN2O. The Hall–Kier alpha value is -0.280. The van der Waals surface area contributed by atoms with Crippen LogP contribution in [0, 0.1) is 5.92 Å². The molecule has 2 N–H and O–H groups in total. The van der Waals surface area contributed by atoms with Crippen molar-refractivity contribution in [3.63, 3.8) is 0 Å². The first-order valence-corrected chi connectivity index (χ1v) is 5.40. The Balaban J connectivity index is 1.85. The van der Waals surface area contributed by atoms with Gasteiger partial charge < -0.3 is 10.6 Å². The van der Waals surface area contributed by atoms with Gasteiger partial charge in [0, 0.05) is 12.1 Å². The highest BCUT2D eigenvalue weighted by Gasteiger charge is 2.34. The highest BCUT2D eigenvalue weighted by atomic mass is 35.5. The van der Waals surface area contributed by atoms with Crippen LogP contribution in [0.3, 0.4) is 0 Å². The highest BCUT2D eigenvalue weighted by molar-refractivity contribution is 6.27. The minimum Gasteiger partial charge on any atom is -0.352 e. The second-order valence-electron chi connectivity index (χ2n) is 4.08. The lowest BCUT2D eigenvalue weighted by atomic mass is 9.86. The van der Waals surface area contributed by atoms with Crippen molar-refractivity contribution in [1.82, 2.24) is 10.6 Å². The number of nitrogens with one attached hydrogen (secondary N) is 2. The van der Waals surface area contributed by atoms with E-state index in [-0.39, 0.29) is 11.8 Å². The van der Waals surface area contributed by atoms with E-state index in [0.29, 0.717) is 12.1 Å². The Morgan fingerprint density at radius 2 is 2.31 bits per heavy atom. The monoisotopic (exact) mass is 202 g/mol. The molecule has 0 aromatic carbocycles. The van der Waals surface area contributed by atoms with E-state index in [4.69, 9.17) is 11.6 Å². The molecule has 74 valence electrons. The number of amides is 1. The first-order valence-electron chi connectivity index (χ1n) is 4.86. The summed E-state index contributed by atoms with van der Waals surface area (Å²) < 4.78 is 0. The average Bonchev–Trinajstić information content (AvgIpc) is 2.46. The largest absolute Gasteiger partial charge is 0.352 e. The van der Waals surface area contributed by atoms with Crippen molar-refractivity contribution < 1.29 is 4.79 Å². The normalized spacial score (nSPS) is 37.5. The number of halogens is 1. The Labute approximate surface area is 83.2 Å². The van der Waals surface area contributed by atoms with Crippen LogP contribution >= 0.6 is 11.6 Å². The van der Waals surface area contributed by atoms with E-state index in [0.717, 1.165) is 25.3 Å². The molecule has 2 aliphatic rings. The van der Waals surface area contributed by atoms with E-state index >= 15 is 0 Å². The third-order valence-electron chi connectivity index (χ3n) is 2.99. The molecule has 1 aliphatic heterocycles. The van der Waals surface area contributed by atoms with Crippen molar-refractivity contribution in [3.8, 4) is 0 Å². The van der Waals surface area contributed by atoms with E-state index in [1.807, 2.05) is 0 Å². The van der Waals surface area contributed by atoms with E-state index in [9.17, 15) is 4.79 Å². The van der Waals surface area contributed by atoms with Crippen molar-refractivity contribution in [2.75, 3.05) is 12.4 Å². The molecule has 1 aliphatic carbocycles. The fraction of sp³-hybridized carbons (Fsp3) is 0.889. The summed E-state index contributed by atoms with van der Waals surface area (Å²) >= 11 is 5.43. The zero-order valence-corrected chi connectivity index (χ0v) is 8.31. The predicted molar refractivity (Wildman–Crippen MR) is 51.8 cm³/mol. The topological polar surface area (TPSA) is 41.1 Å². The molecule has 1 saturated carbocycles. The number of hydrogen-bond donors (Lipinski definition) is 2. The quantitative estimate of drug-likeness (QED) is 0.640. The van der Waals surface area contributed by atoms with Crippen LogP contribution in [-0.4, -0.2) is 30.4 Å². The maximum absolute atomic E-state index is 11.1. The number of alkyl halides is 1. The van der Waals surface area contributed by atoms with Crippen LogP contribution in [0.1, 0.15) is 19.3 Å². The second-order valence-corrected chi connectivity index (χ2v) is 4.34. The summed E-state index contributed by atoms with van der Waals surface area (Å²) in [6, 6.07) is 0.976. The standard InChI is InChI=1S/C9H15ClN2O/c10-4-9(13)12-8-2-6-1-7(3-8)11-5-6/h6-8,11H,1-5H2,(H,12,13). The van der Waals surface area contributed by atoms with Gasteiger partial charge >= 0.3 is 0 Å². The molecule has 4 heteroatoms. The molecule has 13 heavy (non-hydrogen) atoms. The van der Waals surface area contributed by atoms with Gasteiger partial charge in [0.15, 0.2) is 0 Å². The van der Waals surface area contributed by atoms with Gasteiger partial charge in [-0.3, -0.25) is 4.79 Å². The Morgan fingerprint density at radius 3 is 3.00 bits per heavy atom. The molecule has 3 nitrogen and oxygen atoms in total. The van der Waals surface area contributed by atoms with Gasteiger partial charge in [-0.05, 0) is 31.7 Å². The highest BCUT2D eigenvalue weighted by Crippen LogP contribution is 2.29. The number of fused-ring (bicyclic) bond motifs is 2. The van der Waals surface area contributed by atoms with Crippen LogP contribution in [-0.2, 0) is 4.79 Å². The Morgan fingerprint density at radius 1 is 1.46 bits per heavy atom. The summed E-state index contributed by atoms with van der Waals surface area (Å²) in [5.41, 5.74) is 0. The van der Waals surface area contributed by atoms with Gasteiger partial charge in [0.25, 0.3) is 0 Å². The van der Waals surface area contributed by atoms with Gasteiger partial charge in [0.1, 0.15) is 5.88 Å². The first-order chi connectivity index (χ1) is 6.28. The molecule has 0 aromatic rings. The third-order valence-corrected chi connectivity index (χ3v) is 3.23. The van der Waals surface area contributed by atoms with Crippen molar-refractivity contribution in [2.45, 2.75) is 31.3 Å². The third kappa shape index (κ3) is 2.15. The van der Waals surface area contributed by atoms with Crippen molar-refractivity contribution in [3.05, 3.63) is 0 Å². The lowest BCUT2D eigenvalue weighted by molar-refractivity contribution is -0.119. The lowest BCUT2D eigenvalue weighted by Crippen LogP contribution is -2.41. The fourth-order valence-corrected chi connectivity index (χ4v) is 2.56. The molecule has 1 amide bonds. The maximum atomic E-state index is 11.1. The molecule has 0 radical (unpaired) electrons. The fourth-order valence-electron chi connectivity index (χ4n) is 2.49. The zero-order valence-electron chi connectivity index (χ0n) is 7.55. The SMILES string of the molecule is O=C(CCl)NC1CC2CNC(C2)C1. The van der Waals surface area contributed by atoms with Crippen LogP contribution in [0.2, 0.25) is 0 Å². The summed E-state index contributed by atoms with van der Waals surface area (Å²) in [4.78, 5) is 11.1. The van der Waals surface area contributed by atoms with Gasteiger partial charge in [-0.2, -0.15) is 0 Å². The molecule has 3 unspecified atom stereocenters. The summed E-state index contributed by atoms with van der Waals surface area (Å²) in [6.07, 6.45) is 3.47. The minimum absolute atomic E-state index is 0.0343. The van der Waals surface area contributed by atoms with Crippen molar-refractivity contribution in [2.24, 2.45) is 5.92 Å². The molecule has 2 fully saturated rings. The molecule has 0 spiro atoms. The zero-order chi connectivity index (χ0) is 9.26. The predicted octanol–water partition coefficient (Wildman–Crippen LogP) is 0.482. The summed E-state index contributed by atoms with van der Waals surface area (Å²) in [5.74, 6) is 0.812. The Bertz CT molecular complexity index is 198. The molecule has 2 rings (SSSR count). The van der Waals surface area contributed by atoms with Crippen LogP contribution in [0.25, 0.3) is 0 Å². The molecular weight excluding hydrogens is 188 g/mol. The summed E-state index contributed by atoms with van der Waals surface area (Å²) in [7, 11) is 0. The summed E-state index contributed by atoms with van der Waals surface area (Å²) in [5, 5.41) is 6.41. The summed E-state index contributed by atoms with van der Waals surface area (Å²) in [6.45, 7) is 1.12. The molecule has 2 bridgehead atoms. The van der Waals surface area contributed by atoms with Gasteiger partial charge in [0.05, 0.1) is 0 Å². The van der Waals surface area contributed by atoms with Gasteiger partial charge in [-0.1, -0.05) is 0 Å². The van der Waals surface area contributed by atoms with E-state index in [2.05, 4.69) is 10.6 Å². The number of carbonyl (C=O) groups excluding carboxylic acids is 1. The molecule has 3 atom stereocenters. The van der Waals surface area contributed by atoms with E-state index in [1.54, 1.807) is 0 Å².